The van der Waals surface area contributed by atoms with Crippen LogP contribution in [0.3, 0.4) is 0 Å². The molecule has 0 saturated carbocycles. The number of ether oxygens (including phenoxy) is 1. The van der Waals surface area contributed by atoms with Gasteiger partial charge < -0.3 is 20.1 Å². The summed E-state index contributed by atoms with van der Waals surface area (Å²) in [6, 6.07) is 2.70. The highest BCUT2D eigenvalue weighted by Gasteiger charge is 2.37. The third kappa shape index (κ3) is 5.88. The number of aliphatic hydroxyl groups is 1. The number of pyridine rings is 2. The second kappa shape index (κ2) is 9.71. The predicted molar refractivity (Wildman–Crippen MR) is 123 cm³/mol. The smallest absolute Gasteiger partial charge is 0.388 e. The summed E-state index contributed by atoms with van der Waals surface area (Å²) in [4.78, 5) is 34.2. The fraction of sp³-hybridized carbons (Fsp3) is 0.417. The third-order valence-corrected chi connectivity index (χ3v) is 5.86. The van der Waals surface area contributed by atoms with E-state index in [1.807, 2.05) is 0 Å². The van der Waals surface area contributed by atoms with Crippen LogP contribution in [-0.4, -0.2) is 73.8 Å². The van der Waals surface area contributed by atoms with Crippen LogP contribution in [0.15, 0.2) is 36.8 Å². The molecule has 0 radical (unpaired) electrons. The van der Waals surface area contributed by atoms with E-state index in [0.717, 1.165) is 0 Å². The van der Waals surface area contributed by atoms with Gasteiger partial charge in [0.15, 0.2) is 11.6 Å². The first-order valence-corrected chi connectivity index (χ1v) is 11.3. The molecule has 3 aromatic heterocycles. The summed E-state index contributed by atoms with van der Waals surface area (Å²) < 4.78 is 60.2. The Morgan fingerprint density at radius 2 is 1.92 bits per heavy atom. The number of carbonyl (C=O) groups is 2. The van der Waals surface area contributed by atoms with Gasteiger partial charge in [-0.15, -0.1) is 0 Å². The van der Waals surface area contributed by atoms with Crippen LogP contribution in [0.4, 0.5) is 17.6 Å². The van der Waals surface area contributed by atoms with Crippen LogP contribution in [-0.2, 0) is 15.7 Å². The second-order valence-corrected chi connectivity index (χ2v) is 9.51. The summed E-state index contributed by atoms with van der Waals surface area (Å²) >= 11 is 0. The molecule has 1 fully saturated rings. The van der Waals surface area contributed by atoms with Crippen molar-refractivity contribution in [1.29, 1.82) is 0 Å². The molecule has 2 amide bonds. The van der Waals surface area contributed by atoms with Gasteiger partial charge in [0.2, 0.25) is 5.91 Å². The van der Waals surface area contributed by atoms with Gasteiger partial charge in [-0.2, -0.15) is 13.2 Å². The molecule has 1 aliphatic heterocycles. The maximum absolute atomic E-state index is 14.6. The molecule has 4 rings (SSSR count). The Kier molecular flexibility index (Phi) is 6.95. The molecule has 3 aromatic rings. The van der Waals surface area contributed by atoms with Crippen molar-refractivity contribution in [2.75, 3.05) is 19.7 Å². The van der Waals surface area contributed by atoms with Crippen LogP contribution in [0, 0.1) is 5.82 Å². The molecule has 2 atom stereocenters. The van der Waals surface area contributed by atoms with Crippen molar-refractivity contribution in [3.05, 3.63) is 53.9 Å². The molecule has 2 N–H and O–H groups in total. The van der Waals surface area contributed by atoms with E-state index in [-0.39, 0.29) is 37.1 Å². The summed E-state index contributed by atoms with van der Waals surface area (Å²) in [5.41, 5.74) is -2.07. The van der Waals surface area contributed by atoms with E-state index in [1.165, 1.54) is 34.9 Å². The van der Waals surface area contributed by atoms with E-state index >= 15 is 0 Å². The third-order valence-electron chi connectivity index (χ3n) is 5.86. The minimum Gasteiger partial charge on any atom is -0.388 e. The molecule has 0 bridgehead atoms. The minimum absolute atomic E-state index is 0.0147. The average Bonchev–Trinajstić information content (AvgIpc) is 3.40. The minimum atomic E-state index is -4.74. The highest BCUT2D eigenvalue weighted by atomic mass is 19.4. The van der Waals surface area contributed by atoms with Crippen molar-refractivity contribution < 1.29 is 37.0 Å². The zero-order valence-corrected chi connectivity index (χ0v) is 20.2. The van der Waals surface area contributed by atoms with Crippen LogP contribution in [0.5, 0.6) is 0 Å². The number of alkyl halides is 3. The van der Waals surface area contributed by atoms with E-state index in [4.69, 9.17) is 4.74 Å². The molecule has 1 saturated heterocycles. The molecule has 198 valence electrons. The summed E-state index contributed by atoms with van der Waals surface area (Å²) in [6.07, 6.45) is -1.99. The number of rotatable bonds is 6. The van der Waals surface area contributed by atoms with Gasteiger partial charge >= 0.3 is 6.18 Å². The van der Waals surface area contributed by atoms with Crippen LogP contribution in [0.25, 0.3) is 16.7 Å². The van der Waals surface area contributed by atoms with E-state index in [1.54, 1.807) is 19.9 Å². The van der Waals surface area contributed by atoms with Crippen molar-refractivity contribution in [3.8, 4) is 5.82 Å². The Labute approximate surface area is 209 Å². The van der Waals surface area contributed by atoms with Gasteiger partial charge in [0.1, 0.15) is 5.69 Å². The Morgan fingerprint density at radius 1 is 1.19 bits per heavy atom. The number of likely N-dealkylation sites (tertiary alicyclic amines) is 1. The van der Waals surface area contributed by atoms with Crippen molar-refractivity contribution >= 4 is 22.7 Å². The predicted octanol–water partition coefficient (Wildman–Crippen LogP) is 2.70. The zero-order valence-electron chi connectivity index (χ0n) is 20.2. The summed E-state index contributed by atoms with van der Waals surface area (Å²) in [5, 5.41) is 13.3. The number of hydrogen-bond acceptors (Lipinski definition) is 6. The lowest BCUT2D eigenvalue weighted by Gasteiger charge is -2.24. The Morgan fingerprint density at radius 3 is 2.54 bits per heavy atom. The molecule has 0 spiro atoms. The number of halogens is 4. The lowest BCUT2D eigenvalue weighted by Crippen LogP contribution is -2.45. The molecular weight excluding hydrogens is 498 g/mol. The van der Waals surface area contributed by atoms with Gasteiger partial charge in [-0.05, 0) is 32.0 Å². The molecule has 4 heterocycles. The fourth-order valence-corrected chi connectivity index (χ4v) is 3.99. The zero-order chi connectivity index (χ0) is 27.1. The number of aromatic nitrogens is 3. The Hall–Kier alpha value is -3.58. The van der Waals surface area contributed by atoms with Gasteiger partial charge in [0.05, 0.1) is 35.4 Å². The van der Waals surface area contributed by atoms with Gasteiger partial charge in [-0.1, -0.05) is 0 Å². The standard InChI is InChI=1S/C24H25F4N5O4/c1-13(34)32-10-18(20(11-32)37-12-23(2,3)36)31-22(35)17-7-19-14(8-29-17)4-5-33(19)21-16(25)6-15(9-30-21)24(26,27)28/h4-9,18,20,36H,10-12H2,1-3H3,(H,31,35)/t18-,20-/m1/s1. The molecule has 37 heavy (non-hydrogen) atoms. The second-order valence-electron chi connectivity index (χ2n) is 9.51. The molecule has 0 aliphatic carbocycles. The molecule has 9 nitrogen and oxygen atoms in total. The number of carbonyl (C=O) groups excluding carboxylic acids is 2. The first-order valence-electron chi connectivity index (χ1n) is 11.3. The van der Waals surface area contributed by atoms with E-state index in [9.17, 15) is 32.3 Å². The molecule has 13 heteroatoms. The maximum Gasteiger partial charge on any atom is 0.417 e. The Balaban J connectivity index is 1.59. The Bertz CT molecular complexity index is 1330. The molecular formula is C24H25F4N5O4. The molecule has 0 aromatic carbocycles. The number of hydrogen-bond donors (Lipinski definition) is 2. The number of nitrogens with one attached hydrogen (secondary N) is 1. The highest BCUT2D eigenvalue weighted by Crippen LogP contribution is 2.30. The van der Waals surface area contributed by atoms with Crippen molar-refractivity contribution in [2.45, 2.75) is 44.7 Å². The number of nitrogens with zero attached hydrogens (tertiary/aromatic N) is 4. The fourth-order valence-electron chi connectivity index (χ4n) is 3.99. The monoisotopic (exact) mass is 523 g/mol. The van der Waals surface area contributed by atoms with E-state index < -0.39 is 41.2 Å². The van der Waals surface area contributed by atoms with Gasteiger partial charge in [0.25, 0.3) is 5.91 Å². The summed E-state index contributed by atoms with van der Waals surface area (Å²) in [5.74, 6) is -2.34. The van der Waals surface area contributed by atoms with Crippen LogP contribution in [0.2, 0.25) is 0 Å². The summed E-state index contributed by atoms with van der Waals surface area (Å²) in [6.45, 7) is 4.94. The molecule has 1 aliphatic rings. The van der Waals surface area contributed by atoms with Crippen molar-refractivity contribution in [2.24, 2.45) is 0 Å². The first-order chi connectivity index (χ1) is 17.2. The van der Waals surface area contributed by atoms with Gasteiger partial charge in [-0.3, -0.25) is 19.1 Å². The average molecular weight is 523 g/mol. The van der Waals surface area contributed by atoms with Gasteiger partial charge in [0, 0.05) is 44.0 Å². The first kappa shape index (κ1) is 26.5. The largest absolute Gasteiger partial charge is 0.417 e. The maximum atomic E-state index is 14.6. The van der Waals surface area contributed by atoms with E-state index in [0.29, 0.717) is 23.2 Å². The summed E-state index contributed by atoms with van der Waals surface area (Å²) in [7, 11) is 0. The quantitative estimate of drug-likeness (QED) is 0.481. The number of amides is 2. The van der Waals surface area contributed by atoms with Gasteiger partial charge in [-0.25, -0.2) is 9.37 Å². The highest BCUT2D eigenvalue weighted by molar-refractivity contribution is 5.96. The van der Waals surface area contributed by atoms with Crippen molar-refractivity contribution in [1.82, 2.24) is 24.8 Å². The van der Waals surface area contributed by atoms with Crippen LogP contribution in [0.1, 0.15) is 36.8 Å². The van der Waals surface area contributed by atoms with E-state index in [2.05, 4.69) is 15.3 Å². The van der Waals surface area contributed by atoms with Crippen molar-refractivity contribution in [3.63, 3.8) is 0 Å². The lowest BCUT2D eigenvalue weighted by molar-refractivity contribution is -0.138. The lowest BCUT2D eigenvalue weighted by atomic mass is 10.1. The van der Waals surface area contributed by atoms with Crippen LogP contribution >= 0.6 is 0 Å². The molecule has 0 unspecified atom stereocenters. The van der Waals surface area contributed by atoms with Crippen LogP contribution < -0.4 is 5.32 Å². The normalized spacial score (nSPS) is 18.4. The topological polar surface area (TPSA) is 110 Å². The SMILES string of the molecule is CC(=O)N1C[C@@H](NC(=O)c2cc3c(ccn3-c3ncc(C(F)(F)F)cc3F)cn2)[C@H](OCC(C)(C)O)C1. The number of fused-ring (bicyclic) bond motifs is 1.